The molecule has 0 saturated carbocycles. The van der Waals surface area contributed by atoms with Crippen molar-refractivity contribution < 1.29 is 0 Å². The Morgan fingerprint density at radius 3 is 2.85 bits per heavy atom. The van der Waals surface area contributed by atoms with Gasteiger partial charge in [0.05, 0.1) is 0 Å². The van der Waals surface area contributed by atoms with Gasteiger partial charge in [0.1, 0.15) is 5.71 Å². The summed E-state index contributed by atoms with van der Waals surface area (Å²) in [5.41, 5.74) is 3.40. The van der Waals surface area contributed by atoms with Crippen LogP contribution in [-0.2, 0) is 0 Å². The summed E-state index contributed by atoms with van der Waals surface area (Å²) >= 11 is 0. The van der Waals surface area contributed by atoms with E-state index in [0.717, 1.165) is 5.71 Å². The third-order valence-corrected chi connectivity index (χ3v) is 2.31. The molecule has 2 rings (SSSR count). The van der Waals surface area contributed by atoms with Crippen LogP contribution in [0.1, 0.15) is 24.0 Å². The number of nitrogens with zero attached hydrogens (tertiary/aromatic N) is 1. The number of aliphatic imine (C=N–C) groups is 1. The molecule has 64 valence electrons. The van der Waals surface area contributed by atoms with Crippen LogP contribution in [0.15, 0.2) is 29.3 Å². The first kappa shape index (κ1) is 8.07. The SMILES string of the molecule is CN=C1C#CC(C)c2ccccc21. The monoisotopic (exact) mass is 169 g/mol. The highest BCUT2D eigenvalue weighted by molar-refractivity contribution is 6.15. The Morgan fingerprint density at radius 1 is 1.31 bits per heavy atom. The molecule has 1 atom stereocenters. The summed E-state index contributed by atoms with van der Waals surface area (Å²) in [5.74, 6) is 6.57. The predicted molar refractivity (Wildman–Crippen MR) is 55.1 cm³/mol. The van der Waals surface area contributed by atoms with Crippen LogP contribution >= 0.6 is 0 Å². The molecule has 0 aromatic heterocycles. The van der Waals surface area contributed by atoms with Gasteiger partial charge in [-0.2, -0.15) is 0 Å². The van der Waals surface area contributed by atoms with Gasteiger partial charge >= 0.3 is 0 Å². The third-order valence-electron chi connectivity index (χ3n) is 2.31. The molecular weight excluding hydrogens is 158 g/mol. The van der Waals surface area contributed by atoms with Crippen molar-refractivity contribution in [1.82, 2.24) is 0 Å². The quantitative estimate of drug-likeness (QED) is 0.528. The zero-order valence-corrected chi connectivity index (χ0v) is 7.83. The number of fused-ring (bicyclic) bond motifs is 1. The Morgan fingerprint density at radius 2 is 2.08 bits per heavy atom. The van der Waals surface area contributed by atoms with Gasteiger partial charge in [-0.05, 0) is 18.4 Å². The van der Waals surface area contributed by atoms with Gasteiger partial charge < -0.3 is 0 Å². The van der Waals surface area contributed by atoms with Gasteiger partial charge in [-0.3, -0.25) is 4.99 Å². The minimum absolute atomic E-state index is 0.335. The Balaban J connectivity index is 2.65. The first-order valence-electron chi connectivity index (χ1n) is 4.40. The van der Waals surface area contributed by atoms with Crippen molar-refractivity contribution in [2.24, 2.45) is 4.99 Å². The Bertz CT molecular complexity index is 418. The van der Waals surface area contributed by atoms with Crippen molar-refractivity contribution in [3.8, 4) is 11.8 Å². The van der Waals surface area contributed by atoms with E-state index in [0.29, 0.717) is 5.92 Å². The van der Waals surface area contributed by atoms with Crippen LogP contribution < -0.4 is 0 Å². The second kappa shape index (κ2) is 3.06. The molecule has 0 spiro atoms. The van der Waals surface area contributed by atoms with E-state index >= 15 is 0 Å². The number of hydrogen-bond donors (Lipinski definition) is 0. The minimum atomic E-state index is 0.335. The molecule has 1 aromatic carbocycles. The van der Waals surface area contributed by atoms with Gasteiger partial charge in [0.25, 0.3) is 0 Å². The highest BCUT2D eigenvalue weighted by Gasteiger charge is 2.14. The molecule has 0 bridgehead atoms. The lowest BCUT2D eigenvalue weighted by molar-refractivity contribution is 0.995. The van der Waals surface area contributed by atoms with Gasteiger partial charge in [0.2, 0.25) is 0 Å². The molecule has 13 heavy (non-hydrogen) atoms. The van der Waals surface area contributed by atoms with Crippen LogP contribution in [0.2, 0.25) is 0 Å². The van der Waals surface area contributed by atoms with Gasteiger partial charge in [-0.15, -0.1) is 0 Å². The molecule has 1 aliphatic rings. The van der Waals surface area contributed by atoms with Crippen LogP contribution in [0.3, 0.4) is 0 Å². The standard InChI is InChI=1S/C12H11N/c1-9-7-8-12(13-2)11-6-4-3-5-10(9)11/h3-6,9H,1-2H3. The molecule has 1 aliphatic carbocycles. The second-order valence-electron chi connectivity index (χ2n) is 3.15. The van der Waals surface area contributed by atoms with Crippen LogP contribution in [0.4, 0.5) is 0 Å². The molecule has 0 amide bonds. The lowest BCUT2D eigenvalue weighted by Gasteiger charge is -2.14. The van der Waals surface area contributed by atoms with E-state index in [4.69, 9.17) is 0 Å². The molecule has 0 aliphatic heterocycles. The molecule has 1 aromatic rings. The fourth-order valence-corrected chi connectivity index (χ4v) is 1.59. The highest BCUT2D eigenvalue weighted by atomic mass is 14.7. The average molecular weight is 169 g/mol. The first-order valence-corrected chi connectivity index (χ1v) is 4.40. The van der Waals surface area contributed by atoms with E-state index in [1.807, 2.05) is 6.07 Å². The topological polar surface area (TPSA) is 12.4 Å². The van der Waals surface area contributed by atoms with E-state index in [9.17, 15) is 0 Å². The van der Waals surface area contributed by atoms with Gasteiger partial charge in [-0.25, -0.2) is 0 Å². The number of rotatable bonds is 0. The molecule has 1 unspecified atom stereocenters. The van der Waals surface area contributed by atoms with Gasteiger partial charge in [0.15, 0.2) is 0 Å². The molecule has 0 radical (unpaired) electrons. The summed E-state index contributed by atoms with van der Waals surface area (Å²) < 4.78 is 0. The first-order chi connectivity index (χ1) is 6.33. The molecule has 0 N–H and O–H groups in total. The van der Waals surface area contributed by atoms with Crippen molar-refractivity contribution in [3.63, 3.8) is 0 Å². The summed E-state index contributed by atoms with van der Waals surface area (Å²) in [6.07, 6.45) is 0. The Hall–Kier alpha value is -1.55. The van der Waals surface area contributed by atoms with E-state index in [2.05, 4.69) is 42.0 Å². The minimum Gasteiger partial charge on any atom is -0.279 e. The predicted octanol–water partition coefficient (Wildman–Crippen LogP) is 2.23. The summed E-state index contributed by atoms with van der Waals surface area (Å²) in [7, 11) is 1.79. The number of hydrogen-bond acceptors (Lipinski definition) is 1. The highest BCUT2D eigenvalue weighted by Crippen LogP contribution is 2.22. The summed E-state index contributed by atoms with van der Waals surface area (Å²) in [4.78, 5) is 4.17. The largest absolute Gasteiger partial charge is 0.279 e. The molecule has 1 nitrogen and oxygen atoms in total. The van der Waals surface area contributed by atoms with Crippen molar-refractivity contribution >= 4 is 5.71 Å². The average Bonchev–Trinajstić information content (AvgIpc) is 2.19. The van der Waals surface area contributed by atoms with E-state index in [1.54, 1.807) is 7.05 Å². The van der Waals surface area contributed by atoms with Crippen LogP contribution in [0.5, 0.6) is 0 Å². The van der Waals surface area contributed by atoms with Crippen LogP contribution in [0, 0.1) is 11.8 Å². The molecule has 0 fully saturated rings. The zero-order chi connectivity index (χ0) is 9.26. The maximum absolute atomic E-state index is 4.17. The number of benzene rings is 1. The maximum Gasteiger partial charge on any atom is 0.114 e. The van der Waals surface area contributed by atoms with Crippen molar-refractivity contribution in [2.45, 2.75) is 12.8 Å². The van der Waals surface area contributed by atoms with E-state index < -0.39 is 0 Å². The fraction of sp³-hybridized carbons (Fsp3) is 0.250. The lowest BCUT2D eigenvalue weighted by atomic mass is 9.90. The van der Waals surface area contributed by atoms with Crippen molar-refractivity contribution in [3.05, 3.63) is 35.4 Å². The molecule has 0 saturated heterocycles. The van der Waals surface area contributed by atoms with Crippen LogP contribution in [0.25, 0.3) is 0 Å². The van der Waals surface area contributed by atoms with E-state index in [1.165, 1.54) is 11.1 Å². The Kier molecular flexibility index (Phi) is 1.90. The summed E-state index contributed by atoms with van der Waals surface area (Å²) in [6, 6.07) is 8.29. The zero-order valence-electron chi connectivity index (χ0n) is 7.83. The molecule has 1 heteroatoms. The van der Waals surface area contributed by atoms with Crippen molar-refractivity contribution in [1.29, 1.82) is 0 Å². The van der Waals surface area contributed by atoms with Crippen LogP contribution in [-0.4, -0.2) is 12.8 Å². The summed E-state index contributed by atoms with van der Waals surface area (Å²) in [6.45, 7) is 2.12. The second-order valence-corrected chi connectivity index (χ2v) is 3.15. The normalized spacial score (nSPS) is 22.0. The molecule has 0 heterocycles. The smallest absolute Gasteiger partial charge is 0.114 e. The van der Waals surface area contributed by atoms with Crippen molar-refractivity contribution in [2.75, 3.05) is 7.05 Å². The third kappa shape index (κ3) is 1.25. The van der Waals surface area contributed by atoms with Gasteiger partial charge in [-0.1, -0.05) is 30.2 Å². The fourth-order valence-electron chi connectivity index (χ4n) is 1.59. The lowest BCUT2D eigenvalue weighted by Crippen LogP contribution is -2.09. The maximum atomic E-state index is 4.17. The van der Waals surface area contributed by atoms with Gasteiger partial charge in [0, 0.05) is 18.5 Å². The summed E-state index contributed by atoms with van der Waals surface area (Å²) in [5, 5.41) is 0. The molecular formula is C12H11N. The Labute approximate surface area is 78.5 Å². The van der Waals surface area contributed by atoms with E-state index in [-0.39, 0.29) is 0 Å².